The van der Waals surface area contributed by atoms with Crippen LogP contribution in [0.5, 0.6) is 0 Å². The fraction of sp³-hybridized carbons (Fsp3) is 0.350. The molecule has 0 aliphatic carbocycles. The molecule has 1 heterocycles. The van der Waals surface area contributed by atoms with Gasteiger partial charge in [0, 0.05) is 31.0 Å². The van der Waals surface area contributed by atoms with Crippen molar-refractivity contribution in [3.05, 3.63) is 54.3 Å². The number of anilines is 2. The molecule has 156 valence electrons. The lowest BCUT2D eigenvalue weighted by molar-refractivity contribution is -0.115. The molecule has 0 saturated carbocycles. The van der Waals surface area contributed by atoms with E-state index in [1.54, 1.807) is 0 Å². The maximum Gasteiger partial charge on any atom is 0.246 e. The molecule has 3 rings (SSSR count). The van der Waals surface area contributed by atoms with Crippen LogP contribution >= 0.6 is 0 Å². The van der Waals surface area contributed by atoms with E-state index in [9.17, 15) is 17.6 Å². The molecule has 1 N–H and O–H groups in total. The summed E-state index contributed by atoms with van der Waals surface area (Å²) in [6.07, 6.45) is 0. The van der Waals surface area contributed by atoms with Crippen molar-refractivity contribution in [3.63, 3.8) is 0 Å². The lowest BCUT2D eigenvalue weighted by Crippen LogP contribution is -2.41. The van der Waals surface area contributed by atoms with Crippen molar-refractivity contribution in [1.82, 2.24) is 4.31 Å². The highest BCUT2D eigenvalue weighted by atomic mass is 32.2. The highest BCUT2D eigenvalue weighted by molar-refractivity contribution is 7.89. The van der Waals surface area contributed by atoms with Gasteiger partial charge in [0.05, 0.1) is 19.8 Å². The van der Waals surface area contributed by atoms with Crippen molar-refractivity contribution < 1.29 is 22.3 Å². The number of carbonyl (C=O) groups is 1. The first-order valence-electron chi connectivity index (χ1n) is 9.39. The minimum Gasteiger partial charge on any atom is -0.379 e. The Labute approximate surface area is 170 Å². The van der Waals surface area contributed by atoms with Crippen molar-refractivity contribution >= 4 is 27.3 Å². The third-order valence-corrected chi connectivity index (χ3v) is 6.55. The van der Waals surface area contributed by atoms with Crippen molar-refractivity contribution in [2.75, 3.05) is 49.6 Å². The number of hydrogen-bond donors (Lipinski definition) is 1. The molecule has 2 aromatic rings. The molecule has 1 aliphatic rings. The molecule has 1 fully saturated rings. The zero-order chi connectivity index (χ0) is 20.9. The van der Waals surface area contributed by atoms with Crippen LogP contribution in [-0.2, 0) is 19.6 Å². The Morgan fingerprint density at radius 3 is 2.52 bits per heavy atom. The van der Waals surface area contributed by atoms with Crippen molar-refractivity contribution in [2.24, 2.45) is 0 Å². The Hall–Kier alpha value is -2.49. The summed E-state index contributed by atoms with van der Waals surface area (Å²) < 4.78 is 46.2. The number of ether oxygens (including phenoxy) is 1. The summed E-state index contributed by atoms with van der Waals surface area (Å²) in [5, 5.41) is 2.66. The summed E-state index contributed by atoms with van der Waals surface area (Å²) >= 11 is 0. The van der Waals surface area contributed by atoms with Crippen LogP contribution in [0.15, 0.2) is 53.4 Å². The summed E-state index contributed by atoms with van der Waals surface area (Å²) in [5.74, 6) is -1.18. The third-order valence-electron chi connectivity index (χ3n) is 4.64. The van der Waals surface area contributed by atoms with E-state index in [-0.39, 0.29) is 44.4 Å². The summed E-state index contributed by atoms with van der Waals surface area (Å²) in [7, 11) is -4.01. The Morgan fingerprint density at radius 2 is 1.86 bits per heavy atom. The maximum absolute atomic E-state index is 14.3. The highest BCUT2D eigenvalue weighted by Crippen LogP contribution is 2.24. The standard InChI is InChI=1S/C20H24FN3O4S/c1-2-23(17-6-4-3-5-7-17)15-20(25)22-16-8-9-18(21)19(14-16)29(26,27)24-10-12-28-13-11-24/h3-9,14H,2,10-13,15H2,1H3,(H,22,25). The van der Waals surface area contributed by atoms with E-state index in [1.807, 2.05) is 42.2 Å². The lowest BCUT2D eigenvalue weighted by Gasteiger charge is -2.26. The molecule has 2 aromatic carbocycles. The fourth-order valence-corrected chi connectivity index (χ4v) is 4.60. The number of para-hydroxylation sites is 1. The van der Waals surface area contributed by atoms with Crippen LogP contribution in [0.25, 0.3) is 0 Å². The van der Waals surface area contributed by atoms with Crippen LogP contribution in [0.3, 0.4) is 0 Å². The second kappa shape index (κ2) is 9.34. The van der Waals surface area contributed by atoms with Gasteiger partial charge < -0.3 is 15.0 Å². The molecule has 0 aromatic heterocycles. The highest BCUT2D eigenvalue weighted by Gasteiger charge is 2.29. The second-order valence-corrected chi connectivity index (χ2v) is 8.47. The first-order valence-corrected chi connectivity index (χ1v) is 10.8. The van der Waals surface area contributed by atoms with Crippen LogP contribution in [-0.4, -0.2) is 58.0 Å². The maximum atomic E-state index is 14.3. The van der Waals surface area contributed by atoms with E-state index in [2.05, 4.69) is 5.32 Å². The number of sulfonamides is 1. The predicted octanol–water partition coefficient (Wildman–Crippen LogP) is 2.31. The van der Waals surface area contributed by atoms with Crippen LogP contribution in [0.2, 0.25) is 0 Å². The summed E-state index contributed by atoms with van der Waals surface area (Å²) in [5.41, 5.74) is 1.13. The Kier molecular flexibility index (Phi) is 6.83. The van der Waals surface area contributed by atoms with Gasteiger partial charge in [-0.1, -0.05) is 18.2 Å². The minimum atomic E-state index is -4.01. The fourth-order valence-electron chi connectivity index (χ4n) is 3.10. The number of nitrogens with one attached hydrogen (secondary N) is 1. The van der Waals surface area contributed by atoms with Crippen molar-refractivity contribution in [3.8, 4) is 0 Å². The molecule has 0 radical (unpaired) electrons. The van der Waals surface area contributed by atoms with E-state index in [1.165, 1.54) is 10.4 Å². The second-order valence-electron chi connectivity index (χ2n) is 6.56. The van der Waals surface area contributed by atoms with Gasteiger partial charge in [-0.15, -0.1) is 0 Å². The molecule has 7 nitrogen and oxygen atoms in total. The third kappa shape index (κ3) is 5.11. The normalized spacial score (nSPS) is 15.1. The molecule has 0 bridgehead atoms. The topological polar surface area (TPSA) is 79.0 Å². The molecule has 1 saturated heterocycles. The van der Waals surface area contributed by atoms with Gasteiger partial charge in [-0.05, 0) is 37.3 Å². The monoisotopic (exact) mass is 421 g/mol. The molecule has 0 spiro atoms. The Morgan fingerprint density at radius 1 is 1.17 bits per heavy atom. The molecular formula is C20H24FN3O4S. The van der Waals surface area contributed by atoms with Crippen molar-refractivity contribution in [2.45, 2.75) is 11.8 Å². The molecule has 1 aliphatic heterocycles. The molecule has 9 heteroatoms. The van der Waals surface area contributed by atoms with E-state index in [0.717, 1.165) is 17.8 Å². The largest absolute Gasteiger partial charge is 0.379 e. The van der Waals surface area contributed by atoms with Gasteiger partial charge in [-0.3, -0.25) is 4.79 Å². The van der Waals surface area contributed by atoms with Gasteiger partial charge in [0.25, 0.3) is 0 Å². The van der Waals surface area contributed by atoms with Crippen molar-refractivity contribution in [1.29, 1.82) is 0 Å². The lowest BCUT2D eigenvalue weighted by atomic mass is 10.2. The molecule has 0 unspecified atom stereocenters. The average molecular weight is 421 g/mol. The van der Waals surface area contributed by atoms with Gasteiger partial charge in [0.1, 0.15) is 10.7 Å². The molecule has 1 amide bonds. The average Bonchev–Trinajstić information content (AvgIpc) is 2.74. The SMILES string of the molecule is CCN(CC(=O)Nc1ccc(F)c(S(=O)(=O)N2CCOCC2)c1)c1ccccc1. The Balaban J connectivity index is 1.74. The number of nitrogens with zero attached hydrogens (tertiary/aromatic N) is 2. The van der Waals surface area contributed by atoms with Crippen LogP contribution < -0.4 is 10.2 Å². The first-order chi connectivity index (χ1) is 13.9. The quantitative estimate of drug-likeness (QED) is 0.742. The minimum absolute atomic E-state index is 0.0867. The number of amides is 1. The molecule has 29 heavy (non-hydrogen) atoms. The number of carbonyl (C=O) groups excluding carboxylic acids is 1. The number of rotatable bonds is 7. The van der Waals surface area contributed by atoms with Gasteiger partial charge in [0.15, 0.2) is 0 Å². The molecular weight excluding hydrogens is 397 g/mol. The van der Waals surface area contributed by atoms with Crippen LogP contribution in [0, 0.1) is 5.82 Å². The predicted molar refractivity (Wildman–Crippen MR) is 109 cm³/mol. The smallest absolute Gasteiger partial charge is 0.246 e. The first kappa shape index (κ1) is 21.2. The number of benzene rings is 2. The molecule has 0 atom stereocenters. The Bertz CT molecular complexity index is 947. The van der Waals surface area contributed by atoms with Gasteiger partial charge >= 0.3 is 0 Å². The summed E-state index contributed by atoms with van der Waals surface area (Å²) in [6, 6.07) is 13.0. The zero-order valence-electron chi connectivity index (χ0n) is 16.2. The van der Waals surface area contributed by atoms with E-state index in [4.69, 9.17) is 4.74 Å². The van der Waals surface area contributed by atoms with Gasteiger partial charge in [-0.2, -0.15) is 4.31 Å². The van der Waals surface area contributed by atoms with E-state index in [0.29, 0.717) is 6.54 Å². The van der Waals surface area contributed by atoms with E-state index < -0.39 is 20.7 Å². The number of likely N-dealkylation sites (N-methyl/N-ethyl adjacent to an activating group) is 1. The number of hydrogen-bond acceptors (Lipinski definition) is 5. The summed E-state index contributed by atoms with van der Waals surface area (Å²) in [4.78, 5) is 13.9. The van der Waals surface area contributed by atoms with E-state index >= 15 is 0 Å². The number of morpholine rings is 1. The summed E-state index contributed by atoms with van der Waals surface area (Å²) in [6.45, 7) is 3.52. The van der Waals surface area contributed by atoms with Crippen LogP contribution in [0.4, 0.5) is 15.8 Å². The number of halogens is 1. The van der Waals surface area contributed by atoms with Gasteiger partial charge in [0.2, 0.25) is 15.9 Å². The van der Waals surface area contributed by atoms with Crippen LogP contribution in [0.1, 0.15) is 6.92 Å². The zero-order valence-corrected chi connectivity index (χ0v) is 17.0. The van der Waals surface area contributed by atoms with Gasteiger partial charge in [-0.25, -0.2) is 12.8 Å².